The van der Waals surface area contributed by atoms with Crippen LogP contribution >= 0.6 is 0 Å². The van der Waals surface area contributed by atoms with Crippen LogP contribution in [0.4, 0.5) is 11.5 Å². The molecule has 35 heavy (non-hydrogen) atoms. The second-order valence-corrected chi connectivity index (χ2v) is 9.12. The van der Waals surface area contributed by atoms with Crippen molar-refractivity contribution in [1.82, 2.24) is 14.9 Å². The molecule has 2 aromatic carbocycles. The van der Waals surface area contributed by atoms with Crippen LogP contribution in [0.1, 0.15) is 16.8 Å². The van der Waals surface area contributed by atoms with Gasteiger partial charge in [-0.25, -0.2) is 0 Å². The van der Waals surface area contributed by atoms with Gasteiger partial charge in [0.2, 0.25) is 0 Å². The first-order chi connectivity index (χ1) is 17.0. The number of ether oxygens (including phenoxy) is 1. The predicted molar refractivity (Wildman–Crippen MR) is 137 cm³/mol. The number of amides is 1. The number of methoxy groups -OCH3 is 1. The number of nitrogens with zero attached hydrogens (tertiary/aromatic N) is 5. The fraction of sp³-hybridized carbons (Fsp3) is 0.370. The van der Waals surface area contributed by atoms with Crippen molar-refractivity contribution >= 4 is 28.2 Å². The molecule has 0 aliphatic carbocycles. The Morgan fingerprint density at radius 1 is 1.06 bits per heavy atom. The molecular formula is C27H31N5O3. The average molecular weight is 474 g/mol. The van der Waals surface area contributed by atoms with Crippen molar-refractivity contribution in [3.63, 3.8) is 0 Å². The largest absolute Gasteiger partial charge is 0.467 e. The first-order valence-electron chi connectivity index (χ1n) is 12.0. The minimum absolute atomic E-state index is 0.185. The van der Waals surface area contributed by atoms with Crippen LogP contribution in [-0.2, 0) is 17.8 Å². The Morgan fingerprint density at radius 3 is 2.51 bits per heavy atom. The molecule has 5 rings (SSSR count). The van der Waals surface area contributed by atoms with Crippen LogP contribution in [0.25, 0.3) is 10.8 Å². The Balaban J connectivity index is 1.42. The molecule has 1 fully saturated rings. The number of hydrogen-bond donors (Lipinski definition) is 1. The Morgan fingerprint density at radius 2 is 1.80 bits per heavy atom. The molecule has 8 heteroatoms. The summed E-state index contributed by atoms with van der Waals surface area (Å²) in [5.41, 5.74) is 4.85. The molecule has 182 valence electrons. The van der Waals surface area contributed by atoms with Crippen LogP contribution in [0, 0.1) is 6.92 Å². The number of anilines is 2. The maximum atomic E-state index is 12.4. The Labute approximate surface area is 205 Å². The number of benzene rings is 2. The summed E-state index contributed by atoms with van der Waals surface area (Å²) in [5, 5.41) is 11.8. The van der Waals surface area contributed by atoms with E-state index in [4.69, 9.17) is 14.7 Å². The molecule has 3 aromatic rings. The molecule has 0 bridgehead atoms. The summed E-state index contributed by atoms with van der Waals surface area (Å²) in [4.78, 5) is 28.2. The van der Waals surface area contributed by atoms with Crippen LogP contribution in [0.15, 0.2) is 48.6 Å². The fourth-order valence-electron chi connectivity index (χ4n) is 5.13. The van der Waals surface area contributed by atoms with Crippen molar-refractivity contribution in [1.29, 1.82) is 0 Å². The highest BCUT2D eigenvalue weighted by Crippen LogP contribution is 2.35. The molecule has 1 saturated heterocycles. The van der Waals surface area contributed by atoms with Gasteiger partial charge >= 0.3 is 6.01 Å². The van der Waals surface area contributed by atoms with E-state index < -0.39 is 0 Å². The van der Waals surface area contributed by atoms with Crippen LogP contribution in [0.3, 0.4) is 0 Å². The third-order valence-electron chi connectivity index (χ3n) is 7.00. The number of piperazine rings is 1. The molecule has 0 unspecified atom stereocenters. The molecule has 2 aliphatic rings. The maximum absolute atomic E-state index is 12.4. The van der Waals surface area contributed by atoms with Crippen LogP contribution in [0.2, 0.25) is 0 Å². The van der Waals surface area contributed by atoms with E-state index in [2.05, 4.69) is 59.7 Å². The summed E-state index contributed by atoms with van der Waals surface area (Å²) in [5.74, 6) is 0.712. The van der Waals surface area contributed by atoms with Crippen LogP contribution in [0.5, 0.6) is 6.01 Å². The van der Waals surface area contributed by atoms with Gasteiger partial charge in [0.1, 0.15) is 5.82 Å². The van der Waals surface area contributed by atoms with Crippen LogP contribution < -0.4 is 14.5 Å². The molecule has 1 amide bonds. The van der Waals surface area contributed by atoms with Gasteiger partial charge in [-0.1, -0.05) is 36.9 Å². The summed E-state index contributed by atoms with van der Waals surface area (Å²) in [6, 6.07) is 13.3. The van der Waals surface area contributed by atoms with Crippen molar-refractivity contribution in [3.8, 4) is 6.01 Å². The van der Waals surface area contributed by atoms with Crippen molar-refractivity contribution < 1.29 is 14.6 Å². The van der Waals surface area contributed by atoms with E-state index in [-0.39, 0.29) is 18.1 Å². The number of aryl methyl sites for hydroxylation is 1. The molecule has 1 N–H and O–H groups in total. The number of aromatic nitrogens is 2. The van der Waals surface area contributed by atoms with E-state index in [1.165, 1.54) is 22.0 Å². The molecule has 8 nitrogen and oxygen atoms in total. The SMILES string of the molecule is C=C(CO)C(=O)N1CCN(c2nc(OC)nc3c2CCN(c2cccc4cccc(C)c24)C3)CC1. The highest BCUT2D eigenvalue weighted by Gasteiger charge is 2.29. The molecule has 0 radical (unpaired) electrons. The predicted octanol–water partition coefficient (Wildman–Crippen LogP) is 2.71. The summed E-state index contributed by atoms with van der Waals surface area (Å²) >= 11 is 0. The third kappa shape index (κ3) is 4.30. The molecule has 0 spiro atoms. The second kappa shape index (κ2) is 9.54. The van der Waals surface area contributed by atoms with Gasteiger partial charge in [-0.15, -0.1) is 0 Å². The van der Waals surface area contributed by atoms with Gasteiger partial charge in [0.05, 0.1) is 26.0 Å². The van der Waals surface area contributed by atoms with Gasteiger partial charge in [-0.05, 0) is 30.4 Å². The van der Waals surface area contributed by atoms with E-state index in [0.29, 0.717) is 38.7 Å². The first-order valence-corrected chi connectivity index (χ1v) is 12.0. The molecular weight excluding hydrogens is 442 g/mol. The Kier molecular flexibility index (Phi) is 6.30. The van der Waals surface area contributed by atoms with E-state index in [0.717, 1.165) is 30.0 Å². The number of carbonyl (C=O) groups is 1. The number of aliphatic hydroxyl groups excluding tert-OH is 1. The number of aliphatic hydroxyl groups is 1. The molecule has 2 aliphatic heterocycles. The topological polar surface area (TPSA) is 82.0 Å². The Hall–Kier alpha value is -3.65. The Bertz CT molecular complexity index is 1280. The number of fused-ring (bicyclic) bond motifs is 2. The molecule has 3 heterocycles. The average Bonchev–Trinajstić information content (AvgIpc) is 2.91. The molecule has 0 atom stereocenters. The maximum Gasteiger partial charge on any atom is 0.318 e. The third-order valence-corrected chi connectivity index (χ3v) is 7.00. The van der Waals surface area contributed by atoms with Gasteiger partial charge in [-0.2, -0.15) is 9.97 Å². The summed E-state index contributed by atoms with van der Waals surface area (Å²) < 4.78 is 5.48. The second-order valence-electron chi connectivity index (χ2n) is 9.12. The lowest BCUT2D eigenvalue weighted by molar-refractivity contribution is -0.127. The van der Waals surface area contributed by atoms with Crippen LogP contribution in [-0.4, -0.2) is 72.3 Å². The lowest BCUT2D eigenvalue weighted by atomic mass is 9.99. The van der Waals surface area contributed by atoms with E-state index >= 15 is 0 Å². The van der Waals surface area contributed by atoms with Gasteiger partial charge in [0.25, 0.3) is 5.91 Å². The quantitative estimate of drug-likeness (QED) is 0.571. The minimum atomic E-state index is -0.317. The lowest BCUT2D eigenvalue weighted by Gasteiger charge is -2.38. The number of hydrogen-bond acceptors (Lipinski definition) is 7. The highest BCUT2D eigenvalue weighted by molar-refractivity contribution is 5.97. The lowest BCUT2D eigenvalue weighted by Crippen LogP contribution is -2.50. The summed E-state index contributed by atoms with van der Waals surface area (Å²) in [6.45, 7) is 9.49. The normalized spacial score (nSPS) is 15.8. The zero-order valence-corrected chi connectivity index (χ0v) is 20.3. The first kappa shape index (κ1) is 23.1. The molecule has 0 saturated carbocycles. The summed E-state index contributed by atoms with van der Waals surface area (Å²) in [6.07, 6.45) is 0.831. The van der Waals surface area contributed by atoms with E-state index in [1.54, 1.807) is 12.0 Å². The number of rotatable bonds is 5. The van der Waals surface area contributed by atoms with E-state index in [1.807, 2.05) is 0 Å². The van der Waals surface area contributed by atoms with Gasteiger partial charge in [0, 0.05) is 54.9 Å². The smallest absolute Gasteiger partial charge is 0.318 e. The van der Waals surface area contributed by atoms with Crippen molar-refractivity contribution in [2.24, 2.45) is 0 Å². The van der Waals surface area contributed by atoms with Gasteiger partial charge in [0.15, 0.2) is 0 Å². The fourth-order valence-corrected chi connectivity index (χ4v) is 5.13. The zero-order chi connectivity index (χ0) is 24.5. The van der Waals surface area contributed by atoms with Gasteiger partial charge in [-0.3, -0.25) is 4.79 Å². The monoisotopic (exact) mass is 473 g/mol. The molecule has 1 aromatic heterocycles. The van der Waals surface area contributed by atoms with Crippen molar-refractivity contribution in [2.75, 3.05) is 56.2 Å². The van der Waals surface area contributed by atoms with Gasteiger partial charge < -0.3 is 24.5 Å². The summed E-state index contributed by atoms with van der Waals surface area (Å²) in [7, 11) is 1.59. The van der Waals surface area contributed by atoms with Crippen molar-refractivity contribution in [2.45, 2.75) is 19.9 Å². The number of carbonyl (C=O) groups excluding carboxylic acids is 1. The minimum Gasteiger partial charge on any atom is -0.467 e. The standard InChI is InChI=1S/C27H31N5O3/c1-18-6-4-7-20-8-5-9-23(24(18)20)32-11-10-21-22(16-32)28-27(35-3)29-25(21)30-12-14-31(15-13-30)26(34)19(2)17-33/h4-9,33H,2,10-17H2,1,3H3. The van der Waals surface area contributed by atoms with E-state index in [9.17, 15) is 9.90 Å². The highest BCUT2D eigenvalue weighted by atomic mass is 16.5. The zero-order valence-electron chi connectivity index (χ0n) is 20.3. The van der Waals surface area contributed by atoms with Crippen molar-refractivity contribution in [3.05, 3.63) is 65.4 Å².